The van der Waals surface area contributed by atoms with Crippen molar-refractivity contribution in [1.29, 1.82) is 0 Å². The van der Waals surface area contributed by atoms with Crippen LogP contribution in [0.4, 0.5) is 0 Å². The molecule has 6 heteroatoms. The van der Waals surface area contributed by atoms with Crippen LogP contribution in [0.1, 0.15) is 19.3 Å². The molecule has 1 saturated heterocycles. The van der Waals surface area contributed by atoms with Crippen molar-refractivity contribution in [3.8, 4) is 0 Å². The van der Waals surface area contributed by atoms with E-state index in [1.807, 2.05) is 28.8 Å². The van der Waals surface area contributed by atoms with Gasteiger partial charge < -0.3 is 14.6 Å². The Morgan fingerprint density at radius 3 is 2.95 bits per heavy atom. The maximum absolute atomic E-state index is 12.2. The maximum Gasteiger partial charge on any atom is 0.326 e. The zero-order valence-electron chi connectivity index (χ0n) is 11.6. The zero-order chi connectivity index (χ0) is 14.8. The molecule has 1 atom stereocenters. The summed E-state index contributed by atoms with van der Waals surface area (Å²) in [6.45, 7) is 1.06. The molecule has 0 aliphatic carbocycles. The average Bonchev–Trinajstić information content (AvgIpc) is 3.12. The number of carbonyl (C=O) groups excluding carboxylic acids is 1. The molecule has 0 spiro atoms. The summed E-state index contributed by atoms with van der Waals surface area (Å²) in [6.07, 6.45) is 3.33. The summed E-state index contributed by atoms with van der Waals surface area (Å²) < 4.78 is 1.93. The van der Waals surface area contributed by atoms with Crippen LogP contribution in [0.3, 0.4) is 0 Å². The summed E-state index contributed by atoms with van der Waals surface area (Å²) in [6, 6.07) is 7.09. The van der Waals surface area contributed by atoms with Gasteiger partial charge in [0, 0.05) is 19.5 Å². The fraction of sp³-hybridized carbons (Fsp3) is 0.400. The number of likely N-dealkylation sites (tertiary alicyclic amines) is 1. The van der Waals surface area contributed by atoms with Gasteiger partial charge in [-0.3, -0.25) is 4.79 Å². The number of hydrogen-bond acceptors (Lipinski definition) is 3. The van der Waals surface area contributed by atoms with Crippen molar-refractivity contribution in [1.82, 2.24) is 14.5 Å². The Morgan fingerprint density at radius 2 is 2.14 bits per heavy atom. The first-order valence-corrected chi connectivity index (χ1v) is 7.09. The molecule has 0 radical (unpaired) electrons. The van der Waals surface area contributed by atoms with Crippen molar-refractivity contribution in [2.75, 3.05) is 6.54 Å². The van der Waals surface area contributed by atoms with Crippen LogP contribution in [0, 0.1) is 0 Å². The van der Waals surface area contributed by atoms with Crippen LogP contribution in [-0.2, 0) is 16.1 Å². The summed E-state index contributed by atoms with van der Waals surface area (Å²) in [5.41, 5.74) is 1.89. The molecule has 1 aromatic heterocycles. The minimum Gasteiger partial charge on any atom is -0.480 e. The number of carboxylic acids is 1. The zero-order valence-corrected chi connectivity index (χ0v) is 11.6. The van der Waals surface area contributed by atoms with E-state index in [-0.39, 0.29) is 5.91 Å². The number of hydrogen-bond donors (Lipinski definition) is 1. The number of para-hydroxylation sites is 2. The van der Waals surface area contributed by atoms with Gasteiger partial charge in [0.2, 0.25) is 5.91 Å². The molecule has 1 N–H and O–H groups in total. The van der Waals surface area contributed by atoms with Gasteiger partial charge in [0.25, 0.3) is 0 Å². The van der Waals surface area contributed by atoms with Gasteiger partial charge in [-0.05, 0) is 25.0 Å². The van der Waals surface area contributed by atoms with E-state index in [9.17, 15) is 9.59 Å². The molecule has 0 saturated carbocycles. The highest BCUT2D eigenvalue weighted by Gasteiger charge is 2.33. The Labute approximate surface area is 122 Å². The lowest BCUT2D eigenvalue weighted by Gasteiger charge is -2.21. The van der Waals surface area contributed by atoms with Crippen molar-refractivity contribution in [2.45, 2.75) is 31.8 Å². The van der Waals surface area contributed by atoms with Crippen molar-refractivity contribution < 1.29 is 14.7 Å². The van der Waals surface area contributed by atoms with E-state index in [0.717, 1.165) is 17.5 Å². The Balaban J connectivity index is 1.67. The molecule has 2 aromatic rings. The maximum atomic E-state index is 12.2. The van der Waals surface area contributed by atoms with E-state index in [1.54, 1.807) is 6.33 Å². The normalized spacial score (nSPS) is 18.3. The third-order valence-electron chi connectivity index (χ3n) is 3.95. The largest absolute Gasteiger partial charge is 0.480 e. The lowest BCUT2D eigenvalue weighted by Crippen LogP contribution is -2.40. The summed E-state index contributed by atoms with van der Waals surface area (Å²) in [7, 11) is 0. The summed E-state index contributed by atoms with van der Waals surface area (Å²) in [5, 5.41) is 9.12. The summed E-state index contributed by atoms with van der Waals surface area (Å²) in [4.78, 5) is 29.1. The first-order chi connectivity index (χ1) is 10.2. The third kappa shape index (κ3) is 2.61. The average molecular weight is 287 g/mol. The van der Waals surface area contributed by atoms with E-state index >= 15 is 0 Å². The molecule has 1 fully saturated rings. The van der Waals surface area contributed by atoms with E-state index in [1.165, 1.54) is 4.90 Å². The second kappa shape index (κ2) is 5.55. The number of amides is 1. The Morgan fingerprint density at radius 1 is 1.33 bits per heavy atom. The second-order valence-electron chi connectivity index (χ2n) is 5.26. The van der Waals surface area contributed by atoms with E-state index in [0.29, 0.717) is 25.9 Å². The Kier molecular flexibility index (Phi) is 3.60. The number of imidazole rings is 1. The SMILES string of the molecule is O=C(O)[C@@H]1CCCN1C(=O)CCn1cnc2ccccc21. The number of nitrogens with zero attached hydrogens (tertiary/aromatic N) is 3. The first-order valence-electron chi connectivity index (χ1n) is 7.09. The minimum absolute atomic E-state index is 0.0994. The topological polar surface area (TPSA) is 75.4 Å². The molecular formula is C15H17N3O3. The van der Waals surface area contributed by atoms with Gasteiger partial charge in [-0.25, -0.2) is 9.78 Å². The molecule has 1 amide bonds. The highest BCUT2D eigenvalue weighted by molar-refractivity contribution is 5.84. The smallest absolute Gasteiger partial charge is 0.326 e. The van der Waals surface area contributed by atoms with Crippen LogP contribution < -0.4 is 0 Å². The monoisotopic (exact) mass is 287 g/mol. The number of carbonyl (C=O) groups is 2. The van der Waals surface area contributed by atoms with E-state index in [4.69, 9.17) is 5.11 Å². The van der Waals surface area contributed by atoms with Crippen LogP contribution in [0.5, 0.6) is 0 Å². The number of aryl methyl sites for hydroxylation is 1. The summed E-state index contributed by atoms with van der Waals surface area (Å²) >= 11 is 0. The highest BCUT2D eigenvalue weighted by atomic mass is 16.4. The highest BCUT2D eigenvalue weighted by Crippen LogP contribution is 2.19. The molecule has 0 bridgehead atoms. The fourth-order valence-corrected chi connectivity index (χ4v) is 2.87. The van der Waals surface area contributed by atoms with Crippen molar-refractivity contribution >= 4 is 22.9 Å². The molecule has 1 aromatic carbocycles. The molecule has 21 heavy (non-hydrogen) atoms. The lowest BCUT2D eigenvalue weighted by atomic mass is 10.2. The van der Waals surface area contributed by atoms with Crippen LogP contribution in [0.2, 0.25) is 0 Å². The molecule has 6 nitrogen and oxygen atoms in total. The van der Waals surface area contributed by atoms with Crippen LogP contribution in [0.15, 0.2) is 30.6 Å². The Bertz CT molecular complexity index is 680. The molecule has 0 unspecified atom stereocenters. The van der Waals surface area contributed by atoms with Crippen LogP contribution in [0.25, 0.3) is 11.0 Å². The van der Waals surface area contributed by atoms with Gasteiger partial charge in [-0.2, -0.15) is 0 Å². The molecule has 3 rings (SSSR count). The number of rotatable bonds is 4. The number of aliphatic carboxylic acids is 1. The molecule has 2 heterocycles. The van der Waals surface area contributed by atoms with Crippen molar-refractivity contribution in [2.24, 2.45) is 0 Å². The summed E-state index contributed by atoms with van der Waals surface area (Å²) in [5.74, 6) is -1.01. The molecular weight excluding hydrogens is 270 g/mol. The number of carboxylic acid groups (broad SMARTS) is 1. The van der Waals surface area contributed by atoms with Gasteiger partial charge in [0.15, 0.2) is 0 Å². The standard InChI is InChI=1S/C15H17N3O3/c19-14(18-8-3-6-13(18)15(20)21)7-9-17-10-16-11-4-1-2-5-12(11)17/h1-2,4-5,10,13H,3,6-9H2,(H,20,21)/t13-/m0/s1. The number of benzene rings is 1. The lowest BCUT2D eigenvalue weighted by molar-refractivity contribution is -0.148. The Hall–Kier alpha value is -2.37. The third-order valence-corrected chi connectivity index (χ3v) is 3.95. The predicted molar refractivity (Wildman–Crippen MR) is 76.7 cm³/mol. The van der Waals surface area contributed by atoms with Gasteiger partial charge >= 0.3 is 5.97 Å². The van der Waals surface area contributed by atoms with Crippen LogP contribution >= 0.6 is 0 Å². The molecule has 1 aliphatic heterocycles. The second-order valence-corrected chi connectivity index (χ2v) is 5.26. The number of aromatic nitrogens is 2. The molecule has 110 valence electrons. The quantitative estimate of drug-likeness (QED) is 0.924. The van der Waals surface area contributed by atoms with E-state index < -0.39 is 12.0 Å². The molecule has 1 aliphatic rings. The van der Waals surface area contributed by atoms with Crippen LogP contribution in [-0.4, -0.2) is 44.0 Å². The van der Waals surface area contributed by atoms with Gasteiger partial charge in [0.1, 0.15) is 6.04 Å². The van der Waals surface area contributed by atoms with Crippen molar-refractivity contribution in [3.63, 3.8) is 0 Å². The van der Waals surface area contributed by atoms with E-state index in [2.05, 4.69) is 4.98 Å². The first kappa shape index (κ1) is 13.6. The predicted octanol–water partition coefficient (Wildman–Crippen LogP) is 1.50. The van der Waals surface area contributed by atoms with Gasteiger partial charge in [-0.15, -0.1) is 0 Å². The van der Waals surface area contributed by atoms with Crippen molar-refractivity contribution in [3.05, 3.63) is 30.6 Å². The fourth-order valence-electron chi connectivity index (χ4n) is 2.87. The minimum atomic E-state index is -0.908. The number of fused-ring (bicyclic) bond motifs is 1. The van der Waals surface area contributed by atoms with Gasteiger partial charge in [-0.1, -0.05) is 12.1 Å². The van der Waals surface area contributed by atoms with Gasteiger partial charge in [0.05, 0.1) is 17.4 Å².